The number of halogens is 1. The Morgan fingerprint density at radius 2 is 1.68 bits per heavy atom. The monoisotopic (exact) mass is 324 g/mol. The zero-order chi connectivity index (χ0) is 13.9. The van der Waals surface area contributed by atoms with Crippen LogP contribution in [0.4, 0.5) is 0 Å². The van der Waals surface area contributed by atoms with E-state index in [-0.39, 0.29) is 17.6 Å². The molecule has 1 aliphatic rings. The minimum absolute atomic E-state index is 0.0515. The third-order valence-electron chi connectivity index (χ3n) is 3.89. The highest BCUT2D eigenvalue weighted by molar-refractivity contribution is 9.10. The Hall–Kier alpha value is -1.16. The van der Waals surface area contributed by atoms with Crippen molar-refractivity contribution in [3.05, 3.63) is 34.3 Å². The minimum atomic E-state index is -0.800. The molecule has 1 N–H and O–H groups in total. The lowest BCUT2D eigenvalue weighted by Crippen LogP contribution is -2.24. The Labute approximate surface area is 121 Å². The molecular formula is C15H17BrO3. The van der Waals surface area contributed by atoms with Gasteiger partial charge in [0.05, 0.1) is 6.42 Å². The van der Waals surface area contributed by atoms with Gasteiger partial charge in [0.2, 0.25) is 0 Å². The quantitative estimate of drug-likeness (QED) is 0.831. The Bertz CT molecular complexity index is 473. The lowest BCUT2D eigenvalue weighted by Gasteiger charge is -2.26. The van der Waals surface area contributed by atoms with E-state index in [1.165, 1.54) is 0 Å². The molecule has 0 bridgehead atoms. The van der Waals surface area contributed by atoms with Crippen molar-refractivity contribution in [1.82, 2.24) is 0 Å². The Morgan fingerprint density at radius 1 is 1.11 bits per heavy atom. The molecule has 4 heteroatoms. The van der Waals surface area contributed by atoms with Crippen LogP contribution in [0.1, 0.15) is 48.9 Å². The maximum absolute atomic E-state index is 12.3. The van der Waals surface area contributed by atoms with E-state index < -0.39 is 5.97 Å². The molecule has 0 atom stereocenters. The number of carbonyl (C=O) groups excluding carboxylic acids is 1. The summed E-state index contributed by atoms with van der Waals surface area (Å²) in [5.41, 5.74) is 0.343. The maximum Gasteiger partial charge on any atom is 0.303 e. The van der Waals surface area contributed by atoms with Gasteiger partial charge in [-0.15, -0.1) is 0 Å². The molecule has 1 aliphatic carbocycles. The van der Waals surface area contributed by atoms with Crippen LogP contribution in [0, 0.1) is 5.41 Å². The number of Topliss-reactive ketones (excluding diaryl/α,β-unsaturated/α-hetero) is 1. The van der Waals surface area contributed by atoms with Crippen LogP contribution in [-0.2, 0) is 4.79 Å². The van der Waals surface area contributed by atoms with Crippen molar-refractivity contribution in [3.8, 4) is 0 Å². The van der Waals surface area contributed by atoms with Crippen molar-refractivity contribution < 1.29 is 14.7 Å². The van der Waals surface area contributed by atoms with Crippen molar-refractivity contribution in [3.63, 3.8) is 0 Å². The number of aliphatic carboxylic acids is 1. The SMILES string of the molecule is O=C(O)CC1(CC(=O)c2ccc(Br)cc2)CCCC1. The van der Waals surface area contributed by atoms with E-state index in [4.69, 9.17) is 5.11 Å². The van der Waals surface area contributed by atoms with Crippen LogP contribution in [-0.4, -0.2) is 16.9 Å². The van der Waals surface area contributed by atoms with E-state index in [9.17, 15) is 9.59 Å². The van der Waals surface area contributed by atoms with Gasteiger partial charge >= 0.3 is 5.97 Å². The normalized spacial score (nSPS) is 17.3. The molecule has 19 heavy (non-hydrogen) atoms. The summed E-state index contributed by atoms with van der Waals surface area (Å²) in [6.07, 6.45) is 4.21. The second-order valence-electron chi connectivity index (χ2n) is 5.38. The maximum atomic E-state index is 12.3. The van der Waals surface area contributed by atoms with Gasteiger partial charge in [0.1, 0.15) is 0 Å². The summed E-state index contributed by atoms with van der Waals surface area (Å²) in [7, 11) is 0. The Morgan fingerprint density at radius 3 is 2.21 bits per heavy atom. The summed E-state index contributed by atoms with van der Waals surface area (Å²) in [6, 6.07) is 7.25. The highest BCUT2D eigenvalue weighted by atomic mass is 79.9. The second kappa shape index (κ2) is 5.87. The van der Waals surface area contributed by atoms with E-state index in [1.54, 1.807) is 12.1 Å². The van der Waals surface area contributed by atoms with Gasteiger partial charge < -0.3 is 5.11 Å². The van der Waals surface area contributed by atoms with Gasteiger partial charge in [-0.05, 0) is 30.4 Å². The number of carboxylic acid groups (broad SMARTS) is 1. The zero-order valence-electron chi connectivity index (χ0n) is 10.7. The van der Waals surface area contributed by atoms with Crippen molar-refractivity contribution >= 4 is 27.7 Å². The first kappa shape index (κ1) is 14.3. The molecule has 1 aromatic rings. The zero-order valence-corrected chi connectivity index (χ0v) is 12.3. The topological polar surface area (TPSA) is 54.4 Å². The minimum Gasteiger partial charge on any atom is -0.481 e. The summed E-state index contributed by atoms with van der Waals surface area (Å²) in [4.78, 5) is 23.3. The second-order valence-corrected chi connectivity index (χ2v) is 6.30. The number of rotatable bonds is 5. The van der Waals surface area contributed by atoms with Gasteiger partial charge in [-0.25, -0.2) is 0 Å². The summed E-state index contributed by atoms with van der Waals surface area (Å²) in [5, 5.41) is 9.04. The van der Waals surface area contributed by atoms with Gasteiger partial charge in [-0.3, -0.25) is 9.59 Å². The number of carboxylic acids is 1. The van der Waals surface area contributed by atoms with Crippen LogP contribution in [0.25, 0.3) is 0 Å². The van der Waals surface area contributed by atoms with Gasteiger partial charge in [-0.1, -0.05) is 40.9 Å². The number of carbonyl (C=O) groups is 2. The third-order valence-corrected chi connectivity index (χ3v) is 4.42. The van der Waals surface area contributed by atoms with E-state index >= 15 is 0 Å². The van der Waals surface area contributed by atoms with E-state index in [0.29, 0.717) is 12.0 Å². The van der Waals surface area contributed by atoms with E-state index in [0.717, 1.165) is 30.2 Å². The lowest BCUT2D eigenvalue weighted by molar-refractivity contribution is -0.139. The van der Waals surface area contributed by atoms with Crippen LogP contribution in [0.2, 0.25) is 0 Å². The predicted octanol–water partition coefficient (Wildman–Crippen LogP) is 4.06. The molecule has 0 amide bonds. The average molecular weight is 325 g/mol. The molecule has 1 saturated carbocycles. The molecule has 0 spiro atoms. The van der Waals surface area contributed by atoms with Crippen LogP contribution in [0.15, 0.2) is 28.7 Å². The summed E-state index contributed by atoms with van der Waals surface area (Å²) < 4.78 is 0.935. The first-order chi connectivity index (χ1) is 9.01. The van der Waals surface area contributed by atoms with E-state index in [1.807, 2.05) is 12.1 Å². The van der Waals surface area contributed by atoms with Crippen LogP contribution in [0.5, 0.6) is 0 Å². The number of ketones is 1. The largest absolute Gasteiger partial charge is 0.481 e. The van der Waals surface area contributed by atoms with Gasteiger partial charge in [-0.2, -0.15) is 0 Å². The molecule has 0 aliphatic heterocycles. The molecule has 0 saturated heterocycles. The summed E-state index contributed by atoms with van der Waals surface area (Å²) >= 11 is 3.34. The highest BCUT2D eigenvalue weighted by Gasteiger charge is 2.38. The molecule has 0 radical (unpaired) electrons. The van der Waals surface area contributed by atoms with Crippen LogP contribution < -0.4 is 0 Å². The van der Waals surface area contributed by atoms with E-state index in [2.05, 4.69) is 15.9 Å². The van der Waals surface area contributed by atoms with Crippen molar-refractivity contribution in [2.24, 2.45) is 5.41 Å². The van der Waals surface area contributed by atoms with Crippen molar-refractivity contribution in [2.75, 3.05) is 0 Å². The fourth-order valence-electron chi connectivity index (χ4n) is 2.94. The number of hydrogen-bond acceptors (Lipinski definition) is 2. The number of benzene rings is 1. The molecule has 3 nitrogen and oxygen atoms in total. The van der Waals surface area contributed by atoms with Gasteiger partial charge in [0.15, 0.2) is 5.78 Å². The highest BCUT2D eigenvalue weighted by Crippen LogP contribution is 2.44. The molecule has 1 fully saturated rings. The first-order valence-corrected chi connectivity index (χ1v) is 7.31. The standard InChI is InChI=1S/C15H17BrO3/c16-12-5-3-11(4-6-12)13(17)9-15(10-14(18)19)7-1-2-8-15/h3-6H,1-2,7-10H2,(H,18,19). The van der Waals surface area contributed by atoms with Crippen LogP contribution >= 0.6 is 15.9 Å². The Kier molecular flexibility index (Phi) is 4.40. The Balaban J connectivity index is 2.11. The molecule has 2 rings (SSSR count). The van der Waals surface area contributed by atoms with Crippen LogP contribution in [0.3, 0.4) is 0 Å². The smallest absolute Gasteiger partial charge is 0.303 e. The summed E-state index contributed by atoms with van der Waals surface area (Å²) in [6.45, 7) is 0. The first-order valence-electron chi connectivity index (χ1n) is 6.51. The molecule has 0 aromatic heterocycles. The summed E-state index contributed by atoms with van der Waals surface area (Å²) in [5.74, 6) is -0.749. The fraction of sp³-hybridized carbons (Fsp3) is 0.467. The van der Waals surface area contributed by atoms with Gasteiger partial charge in [0.25, 0.3) is 0 Å². The third kappa shape index (κ3) is 3.66. The van der Waals surface area contributed by atoms with Gasteiger partial charge in [0, 0.05) is 16.5 Å². The molecular weight excluding hydrogens is 308 g/mol. The lowest BCUT2D eigenvalue weighted by atomic mass is 9.77. The van der Waals surface area contributed by atoms with Crippen molar-refractivity contribution in [1.29, 1.82) is 0 Å². The molecule has 1 aromatic carbocycles. The fourth-order valence-corrected chi connectivity index (χ4v) is 3.20. The number of hydrogen-bond donors (Lipinski definition) is 1. The predicted molar refractivity (Wildman–Crippen MR) is 76.2 cm³/mol. The molecule has 0 unspecified atom stereocenters. The molecule has 102 valence electrons. The van der Waals surface area contributed by atoms with Crippen molar-refractivity contribution in [2.45, 2.75) is 38.5 Å². The molecule has 0 heterocycles. The average Bonchev–Trinajstić information content (AvgIpc) is 2.77.